The number of aromatic nitrogens is 4. The zero-order chi connectivity index (χ0) is 23.0. The van der Waals surface area contributed by atoms with Crippen molar-refractivity contribution >= 4 is 32.8 Å². The second-order valence-electron chi connectivity index (χ2n) is 7.67. The highest BCUT2D eigenvalue weighted by Gasteiger charge is 2.20. The number of sulfonamides is 1. The SMILES string of the molecule is CCn1c(CSc2nnc(-c3ccc(C)c(C)c3)o2)nc2cc(S(=O)(=O)N(C)C)ccc21. The Morgan fingerprint density at radius 3 is 2.53 bits per heavy atom. The van der Waals surface area contributed by atoms with E-state index >= 15 is 0 Å². The Kier molecular flexibility index (Phi) is 6.11. The lowest BCUT2D eigenvalue weighted by atomic mass is 10.1. The molecule has 8 nitrogen and oxygen atoms in total. The third kappa shape index (κ3) is 4.17. The normalized spacial score (nSPS) is 12.2. The van der Waals surface area contributed by atoms with E-state index in [1.54, 1.807) is 18.2 Å². The van der Waals surface area contributed by atoms with Crippen molar-refractivity contribution in [2.75, 3.05) is 14.1 Å². The van der Waals surface area contributed by atoms with Crippen molar-refractivity contribution in [1.29, 1.82) is 0 Å². The van der Waals surface area contributed by atoms with Gasteiger partial charge in [-0.25, -0.2) is 17.7 Å². The summed E-state index contributed by atoms with van der Waals surface area (Å²) in [5.41, 5.74) is 4.81. The zero-order valence-electron chi connectivity index (χ0n) is 18.7. The van der Waals surface area contributed by atoms with E-state index in [-0.39, 0.29) is 4.90 Å². The molecule has 0 aliphatic carbocycles. The Balaban J connectivity index is 1.58. The molecule has 0 saturated carbocycles. The third-order valence-electron chi connectivity index (χ3n) is 5.38. The molecule has 0 atom stereocenters. The molecule has 0 unspecified atom stereocenters. The number of imidazole rings is 1. The number of fused-ring (bicyclic) bond motifs is 1. The second kappa shape index (κ2) is 8.68. The van der Waals surface area contributed by atoms with Crippen LogP contribution in [0, 0.1) is 13.8 Å². The molecule has 32 heavy (non-hydrogen) atoms. The number of aryl methyl sites for hydroxylation is 3. The molecule has 4 aromatic rings. The fourth-order valence-electron chi connectivity index (χ4n) is 3.38. The van der Waals surface area contributed by atoms with Crippen molar-refractivity contribution in [2.45, 2.75) is 43.2 Å². The number of hydrogen-bond donors (Lipinski definition) is 0. The van der Waals surface area contributed by atoms with Crippen LogP contribution in [-0.2, 0) is 22.3 Å². The van der Waals surface area contributed by atoms with Crippen LogP contribution in [0.2, 0.25) is 0 Å². The minimum absolute atomic E-state index is 0.227. The smallest absolute Gasteiger partial charge is 0.277 e. The van der Waals surface area contributed by atoms with Crippen LogP contribution in [0.4, 0.5) is 0 Å². The first-order valence-electron chi connectivity index (χ1n) is 10.2. The molecule has 0 spiro atoms. The third-order valence-corrected chi connectivity index (χ3v) is 8.00. The van der Waals surface area contributed by atoms with E-state index < -0.39 is 10.0 Å². The number of rotatable bonds is 7. The maximum absolute atomic E-state index is 12.5. The molecular weight excluding hydrogens is 446 g/mol. The highest BCUT2D eigenvalue weighted by atomic mass is 32.2. The summed E-state index contributed by atoms with van der Waals surface area (Å²) < 4.78 is 34.0. The molecule has 0 fully saturated rings. The van der Waals surface area contributed by atoms with Gasteiger partial charge in [0.1, 0.15) is 5.82 Å². The molecule has 10 heteroatoms. The van der Waals surface area contributed by atoms with Crippen LogP contribution in [0.5, 0.6) is 0 Å². The van der Waals surface area contributed by atoms with Crippen LogP contribution in [0.3, 0.4) is 0 Å². The first-order valence-corrected chi connectivity index (χ1v) is 12.6. The summed E-state index contributed by atoms with van der Waals surface area (Å²) in [4.78, 5) is 4.91. The molecular formula is C22H25N5O3S2. The molecule has 2 aromatic heterocycles. The maximum Gasteiger partial charge on any atom is 0.277 e. The molecule has 2 heterocycles. The van der Waals surface area contributed by atoms with Crippen molar-refractivity contribution in [2.24, 2.45) is 0 Å². The number of hydrogen-bond acceptors (Lipinski definition) is 7. The van der Waals surface area contributed by atoms with Crippen molar-refractivity contribution in [1.82, 2.24) is 24.1 Å². The summed E-state index contributed by atoms with van der Waals surface area (Å²) in [5.74, 6) is 1.82. The van der Waals surface area contributed by atoms with Gasteiger partial charge in [-0.1, -0.05) is 17.8 Å². The molecule has 0 radical (unpaired) electrons. The summed E-state index contributed by atoms with van der Waals surface area (Å²) >= 11 is 1.41. The summed E-state index contributed by atoms with van der Waals surface area (Å²) in [5, 5.41) is 8.80. The van der Waals surface area contributed by atoms with Gasteiger partial charge in [-0.15, -0.1) is 10.2 Å². The Labute approximate surface area is 191 Å². The summed E-state index contributed by atoms with van der Waals surface area (Å²) in [6.07, 6.45) is 0. The Morgan fingerprint density at radius 2 is 1.84 bits per heavy atom. The van der Waals surface area contributed by atoms with E-state index in [0.717, 1.165) is 16.9 Å². The van der Waals surface area contributed by atoms with Gasteiger partial charge in [-0.3, -0.25) is 0 Å². The van der Waals surface area contributed by atoms with Gasteiger partial charge >= 0.3 is 0 Å². The van der Waals surface area contributed by atoms with Gasteiger partial charge in [0.15, 0.2) is 0 Å². The van der Waals surface area contributed by atoms with Gasteiger partial charge < -0.3 is 8.98 Å². The molecule has 0 bridgehead atoms. The summed E-state index contributed by atoms with van der Waals surface area (Å²) in [6, 6.07) is 11.1. The molecule has 0 saturated heterocycles. The van der Waals surface area contributed by atoms with Gasteiger partial charge in [0.25, 0.3) is 5.22 Å². The molecule has 168 valence electrons. The van der Waals surface area contributed by atoms with Crippen molar-refractivity contribution in [3.63, 3.8) is 0 Å². The first kappa shape index (κ1) is 22.5. The van der Waals surface area contributed by atoms with E-state index in [0.29, 0.717) is 28.9 Å². The second-order valence-corrected chi connectivity index (χ2v) is 10.7. The van der Waals surface area contributed by atoms with E-state index in [2.05, 4.69) is 33.6 Å². The fourth-order valence-corrected chi connectivity index (χ4v) is 5.01. The average molecular weight is 472 g/mol. The largest absolute Gasteiger partial charge is 0.411 e. The van der Waals surface area contributed by atoms with E-state index in [1.165, 1.54) is 41.3 Å². The molecule has 0 amide bonds. The Bertz CT molecular complexity index is 1390. The quantitative estimate of drug-likeness (QED) is 0.372. The highest BCUT2D eigenvalue weighted by molar-refractivity contribution is 7.98. The van der Waals surface area contributed by atoms with Gasteiger partial charge in [-0.05, 0) is 62.2 Å². The predicted octanol–water partition coefficient (Wildman–Crippen LogP) is 4.27. The van der Waals surface area contributed by atoms with Gasteiger partial charge in [0.05, 0.1) is 21.7 Å². The molecule has 2 aromatic carbocycles. The Morgan fingerprint density at radius 1 is 1.06 bits per heavy atom. The molecule has 0 aliphatic rings. The lowest BCUT2D eigenvalue weighted by Gasteiger charge is -2.11. The predicted molar refractivity (Wildman–Crippen MR) is 125 cm³/mol. The molecule has 0 aliphatic heterocycles. The topological polar surface area (TPSA) is 94.1 Å². The first-order chi connectivity index (χ1) is 15.2. The van der Waals surface area contributed by atoms with Gasteiger partial charge in [0.2, 0.25) is 15.9 Å². The highest BCUT2D eigenvalue weighted by Crippen LogP contribution is 2.29. The van der Waals surface area contributed by atoms with Crippen molar-refractivity contribution < 1.29 is 12.8 Å². The standard InChI is InChI=1S/C22H25N5O3S2/c1-6-27-19-10-9-17(32(28,29)26(4)5)12-18(19)23-20(27)13-31-22-25-24-21(30-22)16-8-7-14(2)15(3)11-16/h7-12H,6,13H2,1-5H3. The lowest BCUT2D eigenvalue weighted by molar-refractivity contribution is 0.465. The van der Waals surface area contributed by atoms with Crippen LogP contribution >= 0.6 is 11.8 Å². The minimum Gasteiger partial charge on any atom is -0.411 e. The number of benzene rings is 2. The lowest BCUT2D eigenvalue weighted by Crippen LogP contribution is -2.22. The summed E-state index contributed by atoms with van der Waals surface area (Å²) in [6.45, 7) is 6.86. The maximum atomic E-state index is 12.5. The van der Waals surface area contributed by atoms with Crippen molar-refractivity contribution in [3.8, 4) is 11.5 Å². The van der Waals surface area contributed by atoms with Crippen LogP contribution in [0.25, 0.3) is 22.5 Å². The number of nitrogens with zero attached hydrogens (tertiary/aromatic N) is 5. The van der Waals surface area contributed by atoms with Crippen LogP contribution in [0.1, 0.15) is 23.9 Å². The fraction of sp³-hybridized carbons (Fsp3) is 0.318. The van der Waals surface area contributed by atoms with E-state index in [4.69, 9.17) is 4.42 Å². The monoisotopic (exact) mass is 471 g/mol. The van der Waals surface area contributed by atoms with Gasteiger partial charge in [-0.2, -0.15) is 0 Å². The number of thioether (sulfide) groups is 1. The summed E-state index contributed by atoms with van der Waals surface area (Å²) in [7, 11) is -0.484. The van der Waals surface area contributed by atoms with Crippen molar-refractivity contribution in [3.05, 3.63) is 53.3 Å². The minimum atomic E-state index is -3.52. The zero-order valence-corrected chi connectivity index (χ0v) is 20.3. The van der Waals surface area contributed by atoms with E-state index in [1.807, 2.05) is 25.1 Å². The molecule has 0 N–H and O–H groups in total. The Hall–Kier alpha value is -2.69. The molecule has 4 rings (SSSR count). The van der Waals surface area contributed by atoms with Crippen LogP contribution in [-0.4, -0.2) is 46.6 Å². The van der Waals surface area contributed by atoms with E-state index in [9.17, 15) is 8.42 Å². The van der Waals surface area contributed by atoms with Crippen LogP contribution in [0.15, 0.2) is 50.9 Å². The average Bonchev–Trinajstić information content (AvgIpc) is 3.37. The van der Waals surface area contributed by atoms with Gasteiger partial charge in [0, 0.05) is 26.2 Å². The van der Waals surface area contributed by atoms with Crippen LogP contribution < -0.4 is 0 Å².